The Labute approximate surface area is 124 Å². The summed E-state index contributed by atoms with van der Waals surface area (Å²) in [4.78, 5) is 4.40. The first-order chi connectivity index (χ1) is 9.66. The second kappa shape index (κ2) is 5.31. The van der Waals surface area contributed by atoms with Crippen LogP contribution >= 0.6 is 15.9 Å². The van der Waals surface area contributed by atoms with E-state index in [1.165, 1.54) is 6.07 Å². The summed E-state index contributed by atoms with van der Waals surface area (Å²) in [6, 6.07) is 14.3. The Morgan fingerprint density at radius 3 is 2.70 bits per heavy atom. The molecule has 0 aliphatic rings. The molecule has 0 bridgehead atoms. The molecule has 1 aromatic heterocycles. The normalized spacial score (nSPS) is 12.6. The number of fused-ring (bicyclic) bond motifs is 1. The average Bonchev–Trinajstić information content (AvgIpc) is 2.49. The molecule has 2 nitrogen and oxygen atoms in total. The summed E-state index contributed by atoms with van der Waals surface area (Å²) in [6.07, 6.45) is 1.75. The van der Waals surface area contributed by atoms with Crippen LogP contribution < -0.4 is 5.73 Å². The number of halogens is 2. The number of hydrogen-bond donors (Lipinski definition) is 1. The highest BCUT2D eigenvalue weighted by molar-refractivity contribution is 9.10. The number of benzene rings is 2. The average molecular weight is 331 g/mol. The zero-order chi connectivity index (χ0) is 14.1. The Hall–Kier alpha value is -1.78. The van der Waals surface area contributed by atoms with E-state index in [1.807, 2.05) is 30.3 Å². The van der Waals surface area contributed by atoms with Crippen LogP contribution in [0, 0.1) is 5.82 Å². The molecule has 2 N–H and O–H groups in total. The van der Waals surface area contributed by atoms with Crippen LogP contribution in [0.2, 0.25) is 0 Å². The van der Waals surface area contributed by atoms with Crippen molar-refractivity contribution in [2.45, 2.75) is 6.04 Å². The number of pyridine rings is 1. The summed E-state index contributed by atoms with van der Waals surface area (Å²) < 4.78 is 13.7. The Balaban J connectivity index is 2.12. The van der Waals surface area contributed by atoms with E-state index in [0.717, 1.165) is 22.0 Å². The summed E-state index contributed by atoms with van der Waals surface area (Å²) >= 11 is 3.19. The van der Waals surface area contributed by atoms with Gasteiger partial charge in [0.15, 0.2) is 0 Å². The van der Waals surface area contributed by atoms with Gasteiger partial charge in [-0.2, -0.15) is 0 Å². The van der Waals surface area contributed by atoms with Crippen molar-refractivity contribution >= 4 is 26.8 Å². The third-order valence-corrected chi connectivity index (χ3v) is 3.91. The van der Waals surface area contributed by atoms with Crippen LogP contribution in [0.25, 0.3) is 10.9 Å². The van der Waals surface area contributed by atoms with Crippen LogP contribution in [0.1, 0.15) is 17.2 Å². The predicted octanol–water partition coefficient (Wildman–Crippen LogP) is 4.18. The summed E-state index contributed by atoms with van der Waals surface area (Å²) in [5, 5.41) is 1.04. The molecule has 20 heavy (non-hydrogen) atoms. The summed E-state index contributed by atoms with van der Waals surface area (Å²) in [7, 11) is 0. The summed E-state index contributed by atoms with van der Waals surface area (Å²) in [6.45, 7) is 0. The molecule has 100 valence electrons. The van der Waals surface area contributed by atoms with E-state index in [2.05, 4.69) is 20.9 Å². The van der Waals surface area contributed by atoms with Crippen LogP contribution in [0.3, 0.4) is 0 Å². The zero-order valence-electron chi connectivity index (χ0n) is 10.6. The van der Waals surface area contributed by atoms with Gasteiger partial charge in [-0.15, -0.1) is 0 Å². The SMILES string of the molecule is NC(c1ccc(F)c(Br)c1)c1cccc2cccnc12. The molecule has 3 rings (SSSR count). The number of rotatable bonds is 2. The maximum atomic E-state index is 13.3. The first kappa shape index (κ1) is 13.2. The van der Waals surface area contributed by atoms with Gasteiger partial charge < -0.3 is 5.73 Å². The molecule has 0 aliphatic heterocycles. The predicted molar refractivity (Wildman–Crippen MR) is 81.9 cm³/mol. The van der Waals surface area contributed by atoms with Gasteiger partial charge >= 0.3 is 0 Å². The molecule has 0 radical (unpaired) electrons. The zero-order valence-corrected chi connectivity index (χ0v) is 12.1. The molecule has 1 atom stereocenters. The smallest absolute Gasteiger partial charge is 0.137 e. The number of hydrogen-bond acceptors (Lipinski definition) is 2. The summed E-state index contributed by atoms with van der Waals surface area (Å²) in [5.41, 5.74) is 8.97. The molecule has 0 saturated heterocycles. The second-order valence-electron chi connectivity index (χ2n) is 4.57. The van der Waals surface area contributed by atoms with Crippen molar-refractivity contribution in [1.29, 1.82) is 0 Å². The Kier molecular flexibility index (Phi) is 3.51. The number of nitrogens with zero attached hydrogens (tertiary/aromatic N) is 1. The highest BCUT2D eigenvalue weighted by Gasteiger charge is 2.14. The van der Waals surface area contributed by atoms with Crippen molar-refractivity contribution < 1.29 is 4.39 Å². The van der Waals surface area contributed by atoms with Crippen molar-refractivity contribution in [3.8, 4) is 0 Å². The van der Waals surface area contributed by atoms with E-state index in [-0.39, 0.29) is 11.9 Å². The van der Waals surface area contributed by atoms with E-state index in [4.69, 9.17) is 5.73 Å². The van der Waals surface area contributed by atoms with Crippen molar-refractivity contribution in [2.75, 3.05) is 0 Å². The van der Waals surface area contributed by atoms with Gasteiger partial charge in [-0.25, -0.2) is 4.39 Å². The van der Waals surface area contributed by atoms with Crippen LogP contribution in [0.15, 0.2) is 59.2 Å². The van der Waals surface area contributed by atoms with E-state index < -0.39 is 0 Å². The van der Waals surface area contributed by atoms with Crippen molar-refractivity contribution in [3.05, 3.63) is 76.1 Å². The standard InChI is InChI=1S/C16H12BrFN2/c17-13-9-11(6-7-14(13)18)15(19)12-5-1-3-10-4-2-8-20-16(10)12/h1-9,15H,19H2. The van der Waals surface area contributed by atoms with Gasteiger partial charge in [-0.1, -0.05) is 30.3 Å². The van der Waals surface area contributed by atoms with Gasteiger partial charge in [0.25, 0.3) is 0 Å². The maximum Gasteiger partial charge on any atom is 0.137 e. The topological polar surface area (TPSA) is 38.9 Å². The summed E-state index contributed by atoms with van der Waals surface area (Å²) in [5.74, 6) is -0.294. The fourth-order valence-electron chi connectivity index (χ4n) is 2.26. The largest absolute Gasteiger partial charge is 0.320 e. The third-order valence-electron chi connectivity index (χ3n) is 3.30. The second-order valence-corrected chi connectivity index (χ2v) is 5.43. The maximum absolute atomic E-state index is 13.3. The minimum Gasteiger partial charge on any atom is -0.320 e. The van der Waals surface area contributed by atoms with Gasteiger partial charge in [-0.3, -0.25) is 4.98 Å². The lowest BCUT2D eigenvalue weighted by Crippen LogP contribution is -2.12. The van der Waals surface area contributed by atoms with Gasteiger partial charge in [0, 0.05) is 11.6 Å². The van der Waals surface area contributed by atoms with Crippen LogP contribution in [-0.2, 0) is 0 Å². The van der Waals surface area contributed by atoms with E-state index in [1.54, 1.807) is 18.3 Å². The van der Waals surface area contributed by atoms with E-state index in [9.17, 15) is 4.39 Å². The molecule has 0 amide bonds. The fraction of sp³-hybridized carbons (Fsp3) is 0.0625. The minimum atomic E-state index is -0.342. The van der Waals surface area contributed by atoms with Gasteiger partial charge in [0.1, 0.15) is 5.82 Å². The number of para-hydroxylation sites is 1. The lowest BCUT2D eigenvalue weighted by molar-refractivity contribution is 0.619. The fourth-order valence-corrected chi connectivity index (χ4v) is 2.66. The highest BCUT2D eigenvalue weighted by Crippen LogP contribution is 2.28. The van der Waals surface area contributed by atoms with Crippen molar-refractivity contribution in [3.63, 3.8) is 0 Å². The number of nitrogens with two attached hydrogens (primary N) is 1. The molecule has 1 unspecified atom stereocenters. The molecular weight excluding hydrogens is 319 g/mol. The molecule has 0 spiro atoms. The van der Waals surface area contributed by atoms with Crippen LogP contribution in [0.4, 0.5) is 4.39 Å². The monoisotopic (exact) mass is 330 g/mol. The van der Waals surface area contributed by atoms with Crippen molar-refractivity contribution in [1.82, 2.24) is 4.98 Å². The molecule has 0 fully saturated rings. The molecule has 3 aromatic rings. The first-order valence-electron chi connectivity index (χ1n) is 6.21. The lowest BCUT2D eigenvalue weighted by Gasteiger charge is -2.15. The van der Waals surface area contributed by atoms with Gasteiger partial charge in [0.05, 0.1) is 16.0 Å². The highest BCUT2D eigenvalue weighted by atomic mass is 79.9. The first-order valence-corrected chi connectivity index (χ1v) is 7.00. The van der Waals surface area contributed by atoms with E-state index in [0.29, 0.717) is 4.47 Å². The molecule has 4 heteroatoms. The van der Waals surface area contributed by atoms with Gasteiger partial charge in [0.2, 0.25) is 0 Å². The lowest BCUT2D eigenvalue weighted by atomic mass is 9.97. The number of aromatic nitrogens is 1. The quantitative estimate of drug-likeness (QED) is 0.765. The van der Waals surface area contributed by atoms with Gasteiger partial charge in [-0.05, 0) is 45.3 Å². The molecule has 0 saturated carbocycles. The van der Waals surface area contributed by atoms with Crippen LogP contribution in [0.5, 0.6) is 0 Å². The molecule has 2 aromatic carbocycles. The Morgan fingerprint density at radius 2 is 1.90 bits per heavy atom. The minimum absolute atomic E-state index is 0.294. The Morgan fingerprint density at radius 1 is 1.10 bits per heavy atom. The third kappa shape index (κ3) is 2.32. The van der Waals surface area contributed by atoms with Crippen LogP contribution in [-0.4, -0.2) is 4.98 Å². The van der Waals surface area contributed by atoms with E-state index >= 15 is 0 Å². The van der Waals surface area contributed by atoms with Crippen molar-refractivity contribution in [2.24, 2.45) is 5.73 Å². The Bertz CT molecular complexity index is 768. The molecule has 0 aliphatic carbocycles. The molecule has 1 heterocycles. The molecular formula is C16H12BrFN2.